The maximum Gasteiger partial charge on any atom is 0.290 e. The predicted octanol–water partition coefficient (Wildman–Crippen LogP) is 5.71. The molecule has 5 nitrogen and oxygen atoms in total. The molecule has 1 aliphatic rings. The van der Waals surface area contributed by atoms with Crippen LogP contribution in [-0.2, 0) is 6.42 Å². The van der Waals surface area contributed by atoms with Gasteiger partial charge in [0, 0.05) is 6.54 Å². The topological polar surface area (TPSA) is 59.8 Å². The van der Waals surface area contributed by atoms with E-state index >= 15 is 0 Å². The number of hydrogen-bond acceptors (Lipinski definition) is 4. The molecule has 1 atom stereocenters. The lowest BCUT2D eigenvalue weighted by atomic mass is 9.95. The van der Waals surface area contributed by atoms with Gasteiger partial charge in [0.15, 0.2) is 5.43 Å². The SMILES string of the molecule is COc1ccc(CCN2C(=O)c3oc4ccccc4c(=O)c3[C@H]2c2ccc(C(C)C)cc2)cc1. The molecular formula is C29H27NO4. The molecule has 0 radical (unpaired) electrons. The van der Waals surface area contributed by atoms with Gasteiger partial charge in [-0.1, -0.05) is 62.4 Å². The van der Waals surface area contributed by atoms with Gasteiger partial charge in [0.25, 0.3) is 5.91 Å². The number of hydrogen-bond donors (Lipinski definition) is 0. The van der Waals surface area contributed by atoms with Crippen molar-refractivity contribution in [2.75, 3.05) is 13.7 Å². The van der Waals surface area contributed by atoms with Crippen LogP contribution in [-0.4, -0.2) is 24.5 Å². The van der Waals surface area contributed by atoms with Gasteiger partial charge in [0.1, 0.15) is 11.3 Å². The summed E-state index contributed by atoms with van der Waals surface area (Å²) in [5.41, 5.74) is 3.93. The van der Waals surface area contributed by atoms with Crippen molar-refractivity contribution < 1.29 is 13.9 Å². The zero-order chi connectivity index (χ0) is 23.8. The first-order valence-corrected chi connectivity index (χ1v) is 11.6. The third kappa shape index (κ3) is 3.77. The quantitative estimate of drug-likeness (QED) is 0.375. The molecule has 0 saturated carbocycles. The molecule has 2 heterocycles. The van der Waals surface area contributed by atoms with Gasteiger partial charge in [-0.25, -0.2) is 0 Å². The van der Waals surface area contributed by atoms with Crippen LogP contribution in [0.1, 0.15) is 58.6 Å². The molecular weight excluding hydrogens is 426 g/mol. The van der Waals surface area contributed by atoms with E-state index in [9.17, 15) is 9.59 Å². The lowest BCUT2D eigenvalue weighted by Gasteiger charge is -2.25. The van der Waals surface area contributed by atoms with E-state index in [0.29, 0.717) is 35.4 Å². The van der Waals surface area contributed by atoms with E-state index in [1.165, 1.54) is 5.56 Å². The zero-order valence-corrected chi connectivity index (χ0v) is 19.6. The van der Waals surface area contributed by atoms with E-state index in [2.05, 4.69) is 26.0 Å². The molecule has 0 aliphatic carbocycles. The van der Waals surface area contributed by atoms with Gasteiger partial charge in [-0.05, 0) is 53.3 Å². The Balaban J connectivity index is 1.58. The predicted molar refractivity (Wildman–Crippen MR) is 133 cm³/mol. The molecule has 0 N–H and O–H groups in total. The molecule has 1 amide bonds. The van der Waals surface area contributed by atoms with Gasteiger partial charge in [-0.2, -0.15) is 0 Å². The van der Waals surface area contributed by atoms with Crippen LogP contribution in [0.4, 0.5) is 0 Å². The summed E-state index contributed by atoms with van der Waals surface area (Å²) in [7, 11) is 1.64. The summed E-state index contributed by atoms with van der Waals surface area (Å²) < 4.78 is 11.3. The number of carbonyl (C=O) groups is 1. The van der Waals surface area contributed by atoms with E-state index < -0.39 is 6.04 Å². The maximum atomic E-state index is 13.6. The Morgan fingerprint density at radius 3 is 2.32 bits per heavy atom. The third-order valence-electron chi connectivity index (χ3n) is 6.59. The molecule has 0 saturated heterocycles. The zero-order valence-electron chi connectivity index (χ0n) is 19.6. The lowest BCUT2D eigenvalue weighted by Crippen LogP contribution is -2.31. The minimum absolute atomic E-state index is 0.143. The van der Waals surface area contributed by atoms with Gasteiger partial charge < -0.3 is 14.1 Å². The summed E-state index contributed by atoms with van der Waals surface area (Å²) >= 11 is 0. The first-order chi connectivity index (χ1) is 16.5. The van der Waals surface area contributed by atoms with E-state index in [4.69, 9.17) is 9.15 Å². The highest BCUT2D eigenvalue weighted by Crippen LogP contribution is 2.38. The fourth-order valence-electron chi connectivity index (χ4n) is 4.65. The largest absolute Gasteiger partial charge is 0.497 e. The van der Waals surface area contributed by atoms with Crippen LogP contribution in [0.3, 0.4) is 0 Å². The summed E-state index contributed by atoms with van der Waals surface area (Å²) in [5.74, 6) is 1.09. The Morgan fingerprint density at radius 1 is 0.941 bits per heavy atom. The molecule has 1 aromatic heterocycles. The Morgan fingerprint density at radius 2 is 1.65 bits per heavy atom. The smallest absolute Gasteiger partial charge is 0.290 e. The standard InChI is InChI=1S/C29H27NO4/c1-18(2)20-10-12-21(13-11-20)26-25-27(31)23-6-4-5-7-24(23)34-28(25)29(32)30(26)17-16-19-8-14-22(33-3)15-9-19/h4-15,18,26H,16-17H2,1-3H3/t26-/m1/s1. The van der Waals surface area contributed by atoms with Crippen molar-refractivity contribution in [3.05, 3.63) is 111 Å². The molecule has 1 aliphatic heterocycles. The monoisotopic (exact) mass is 453 g/mol. The molecule has 0 fully saturated rings. The van der Waals surface area contributed by atoms with Crippen LogP contribution in [0.5, 0.6) is 5.75 Å². The van der Waals surface area contributed by atoms with Gasteiger partial charge in [0.2, 0.25) is 5.76 Å². The van der Waals surface area contributed by atoms with E-state index in [0.717, 1.165) is 16.9 Å². The molecule has 0 unspecified atom stereocenters. The van der Waals surface area contributed by atoms with E-state index in [-0.39, 0.29) is 17.1 Å². The molecule has 5 rings (SSSR count). The van der Waals surface area contributed by atoms with Crippen molar-refractivity contribution in [1.82, 2.24) is 4.90 Å². The Labute approximate surface area is 198 Å². The van der Waals surface area contributed by atoms with Gasteiger partial charge >= 0.3 is 0 Å². The van der Waals surface area contributed by atoms with Gasteiger partial charge in [0.05, 0.1) is 24.1 Å². The molecule has 0 spiro atoms. The second kappa shape index (κ2) is 8.82. The first kappa shape index (κ1) is 22.0. The number of amides is 1. The van der Waals surface area contributed by atoms with Gasteiger partial charge in [-0.3, -0.25) is 9.59 Å². The van der Waals surface area contributed by atoms with Crippen LogP contribution in [0.15, 0.2) is 82.0 Å². The van der Waals surface area contributed by atoms with Crippen molar-refractivity contribution in [1.29, 1.82) is 0 Å². The Hall–Kier alpha value is -3.86. The second-order valence-corrected chi connectivity index (χ2v) is 8.99. The number of methoxy groups -OCH3 is 1. The average Bonchev–Trinajstić information content (AvgIpc) is 3.15. The number of para-hydroxylation sites is 1. The summed E-state index contributed by atoms with van der Waals surface area (Å²) in [6.07, 6.45) is 0.651. The lowest BCUT2D eigenvalue weighted by molar-refractivity contribution is 0.0730. The molecule has 4 aromatic rings. The summed E-state index contributed by atoms with van der Waals surface area (Å²) in [4.78, 5) is 28.9. The number of ether oxygens (including phenoxy) is 1. The highest BCUT2D eigenvalue weighted by Gasteiger charge is 2.42. The number of rotatable bonds is 6. The fourth-order valence-corrected chi connectivity index (χ4v) is 4.65. The summed E-state index contributed by atoms with van der Waals surface area (Å²) in [6.45, 7) is 4.75. The van der Waals surface area contributed by atoms with E-state index in [1.807, 2.05) is 42.5 Å². The third-order valence-corrected chi connectivity index (χ3v) is 6.59. The van der Waals surface area contributed by atoms with Crippen LogP contribution in [0, 0.1) is 0 Å². The maximum absolute atomic E-state index is 13.6. The fraction of sp³-hybridized carbons (Fsp3) is 0.241. The number of fused-ring (bicyclic) bond motifs is 2. The highest BCUT2D eigenvalue weighted by atomic mass is 16.5. The van der Waals surface area contributed by atoms with Crippen LogP contribution in [0.2, 0.25) is 0 Å². The minimum Gasteiger partial charge on any atom is -0.497 e. The molecule has 0 bridgehead atoms. The van der Waals surface area contributed by atoms with Crippen molar-refractivity contribution in [2.45, 2.75) is 32.2 Å². The normalized spacial score (nSPS) is 15.2. The van der Waals surface area contributed by atoms with Crippen LogP contribution >= 0.6 is 0 Å². The number of nitrogens with zero attached hydrogens (tertiary/aromatic N) is 1. The molecule has 172 valence electrons. The number of benzene rings is 3. The molecule has 34 heavy (non-hydrogen) atoms. The van der Waals surface area contributed by atoms with E-state index in [1.54, 1.807) is 30.2 Å². The van der Waals surface area contributed by atoms with Crippen molar-refractivity contribution >= 4 is 16.9 Å². The van der Waals surface area contributed by atoms with Crippen LogP contribution < -0.4 is 10.2 Å². The molecule has 5 heteroatoms. The number of carbonyl (C=O) groups excluding carboxylic acids is 1. The minimum atomic E-state index is -0.484. The summed E-state index contributed by atoms with van der Waals surface area (Å²) in [5, 5.41) is 0.495. The first-order valence-electron chi connectivity index (χ1n) is 11.6. The van der Waals surface area contributed by atoms with Crippen molar-refractivity contribution in [2.24, 2.45) is 0 Å². The highest BCUT2D eigenvalue weighted by molar-refractivity contribution is 5.99. The van der Waals surface area contributed by atoms with Gasteiger partial charge in [-0.15, -0.1) is 0 Å². The second-order valence-electron chi connectivity index (χ2n) is 8.99. The molecule has 3 aromatic carbocycles. The van der Waals surface area contributed by atoms with Crippen molar-refractivity contribution in [3.63, 3.8) is 0 Å². The Kier molecular flexibility index (Phi) is 5.70. The van der Waals surface area contributed by atoms with Crippen LogP contribution in [0.25, 0.3) is 11.0 Å². The summed E-state index contributed by atoms with van der Waals surface area (Å²) in [6, 6.07) is 22.6. The Bertz CT molecular complexity index is 1400. The van der Waals surface area contributed by atoms with Crippen molar-refractivity contribution in [3.8, 4) is 5.75 Å². The average molecular weight is 454 g/mol.